The highest BCUT2D eigenvalue weighted by molar-refractivity contribution is 5.81. The van der Waals surface area contributed by atoms with Crippen LogP contribution in [0.4, 0.5) is 8.78 Å². The third-order valence-corrected chi connectivity index (χ3v) is 4.75. The van der Waals surface area contributed by atoms with Crippen LogP contribution in [0.3, 0.4) is 0 Å². The van der Waals surface area contributed by atoms with Gasteiger partial charge in [-0.2, -0.15) is 0 Å². The number of carbonyl (C=O) groups is 1. The first-order chi connectivity index (χ1) is 10.4. The molecule has 2 aliphatic rings. The first-order valence-electron chi connectivity index (χ1n) is 7.55. The monoisotopic (exact) mass is 305 g/mol. The summed E-state index contributed by atoms with van der Waals surface area (Å²) < 4.78 is 27.9. The van der Waals surface area contributed by atoms with Crippen LogP contribution in [0.15, 0.2) is 24.3 Å². The number of aryl methyl sites for hydroxylation is 1. The van der Waals surface area contributed by atoms with Crippen molar-refractivity contribution in [3.05, 3.63) is 30.1 Å². The number of imidazole rings is 1. The molecule has 1 aliphatic carbocycles. The zero-order chi connectivity index (χ0) is 15.5. The van der Waals surface area contributed by atoms with E-state index in [1.165, 1.54) is 0 Å². The zero-order valence-corrected chi connectivity index (χ0v) is 12.3. The third kappa shape index (κ3) is 2.01. The fourth-order valence-corrected chi connectivity index (χ4v) is 3.52. The van der Waals surface area contributed by atoms with Crippen LogP contribution in [-0.2, 0) is 4.79 Å². The molecule has 0 N–H and O–H groups in total. The Morgan fingerprint density at radius 1 is 1.27 bits per heavy atom. The molecule has 0 spiro atoms. The van der Waals surface area contributed by atoms with E-state index >= 15 is 0 Å². The number of halogens is 2. The molecular weight excluding hydrogens is 288 g/mol. The fourth-order valence-electron chi connectivity index (χ4n) is 3.52. The highest BCUT2D eigenvalue weighted by Crippen LogP contribution is 2.44. The molecule has 1 aromatic carbocycles. The van der Waals surface area contributed by atoms with Crippen LogP contribution in [0, 0.1) is 12.8 Å². The van der Waals surface area contributed by atoms with E-state index in [-0.39, 0.29) is 24.8 Å². The summed E-state index contributed by atoms with van der Waals surface area (Å²) in [6.45, 7) is 3.13. The standard InChI is InChI=1S/C16H17F2N3O/c1-10-19-13-4-2-3-5-14(13)21(10)12-8-20(9-12)15(22)11-6-16(17,18)7-11/h2-5,11-12H,6-9H2,1H3. The molecule has 1 amide bonds. The lowest BCUT2D eigenvalue weighted by atomic mass is 9.79. The highest BCUT2D eigenvalue weighted by atomic mass is 19.3. The second-order valence-electron chi connectivity index (χ2n) is 6.38. The van der Waals surface area contributed by atoms with Gasteiger partial charge in [0.1, 0.15) is 5.82 Å². The number of likely N-dealkylation sites (tertiary alicyclic amines) is 1. The SMILES string of the molecule is Cc1nc2ccccc2n1C1CN(C(=O)C2CC(F)(F)C2)C1. The molecule has 6 heteroatoms. The highest BCUT2D eigenvalue weighted by Gasteiger charge is 2.51. The number of fused-ring (bicyclic) bond motifs is 1. The number of rotatable bonds is 2. The van der Waals surface area contributed by atoms with E-state index in [0.717, 1.165) is 16.9 Å². The van der Waals surface area contributed by atoms with Gasteiger partial charge in [0.15, 0.2) is 0 Å². The predicted octanol–water partition coefficient (Wildman–Crippen LogP) is 2.77. The third-order valence-electron chi connectivity index (χ3n) is 4.75. The Balaban J connectivity index is 1.47. The zero-order valence-electron chi connectivity index (χ0n) is 12.3. The summed E-state index contributed by atoms with van der Waals surface area (Å²) in [7, 11) is 0. The van der Waals surface area contributed by atoms with Gasteiger partial charge >= 0.3 is 0 Å². The number of nitrogens with zero attached hydrogens (tertiary/aromatic N) is 3. The van der Waals surface area contributed by atoms with E-state index in [0.29, 0.717) is 13.1 Å². The van der Waals surface area contributed by atoms with Gasteiger partial charge in [0.25, 0.3) is 0 Å². The van der Waals surface area contributed by atoms with Gasteiger partial charge in [-0.05, 0) is 19.1 Å². The number of hydrogen-bond acceptors (Lipinski definition) is 2. The number of hydrogen-bond donors (Lipinski definition) is 0. The van der Waals surface area contributed by atoms with Gasteiger partial charge in [-0.3, -0.25) is 4.79 Å². The molecule has 2 fully saturated rings. The van der Waals surface area contributed by atoms with Gasteiger partial charge < -0.3 is 9.47 Å². The largest absolute Gasteiger partial charge is 0.338 e. The minimum absolute atomic E-state index is 0.121. The van der Waals surface area contributed by atoms with Crippen molar-refractivity contribution >= 4 is 16.9 Å². The molecular formula is C16H17F2N3O. The molecule has 4 nitrogen and oxygen atoms in total. The minimum atomic E-state index is -2.64. The summed E-state index contributed by atoms with van der Waals surface area (Å²) in [5.41, 5.74) is 2.01. The Labute approximate surface area is 126 Å². The predicted molar refractivity (Wildman–Crippen MR) is 77.8 cm³/mol. The molecule has 0 unspecified atom stereocenters. The summed E-state index contributed by atoms with van der Waals surface area (Å²) in [4.78, 5) is 18.3. The van der Waals surface area contributed by atoms with Crippen LogP contribution < -0.4 is 0 Å². The number of alkyl halides is 2. The number of benzene rings is 1. The van der Waals surface area contributed by atoms with Crippen LogP contribution in [-0.4, -0.2) is 39.4 Å². The van der Waals surface area contributed by atoms with Crippen molar-refractivity contribution in [1.82, 2.24) is 14.5 Å². The second kappa shape index (κ2) is 4.51. The average Bonchev–Trinajstić information content (AvgIpc) is 2.71. The van der Waals surface area contributed by atoms with Gasteiger partial charge in [0, 0.05) is 31.8 Å². The topological polar surface area (TPSA) is 38.1 Å². The maximum absolute atomic E-state index is 12.9. The van der Waals surface area contributed by atoms with Crippen molar-refractivity contribution in [3.63, 3.8) is 0 Å². The Morgan fingerprint density at radius 3 is 2.64 bits per heavy atom. The Bertz CT molecular complexity index is 741. The van der Waals surface area contributed by atoms with Gasteiger partial charge in [0.2, 0.25) is 11.8 Å². The van der Waals surface area contributed by atoms with E-state index in [1.807, 2.05) is 31.2 Å². The van der Waals surface area contributed by atoms with Crippen molar-refractivity contribution in [2.24, 2.45) is 5.92 Å². The Hall–Kier alpha value is -1.98. The van der Waals surface area contributed by atoms with Crippen LogP contribution >= 0.6 is 0 Å². The van der Waals surface area contributed by atoms with Gasteiger partial charge in [0.05, 0.1) is 17.1 Å². The molecule has 0 radical (unpaired) electrons. The van der Waals surface area contributed by atoms with E-state index < -0.39 is 11.8 Å². The van der Waals surface area contributed by atoms with Crippen molar-refractivity contribution in [1.29, 1.82) is 0 Å². The fraction of sp³-hybridized carbons (Fsp3) is 0.500. The Kier molecular flexibility index (Phi) is 2.80. The molecule has 0 atom stereocenters. The van der Waals surface area contributed by atoms with Gasteiger partial charge in [-0.25, -0.2) is 13.8 Å². The van der Waals surface area contributed by atoms with E-state index in [4.69, 9.17) is 0 Å². The molecule has 2 heterocycles. The quantitative estimate of drug-likeness (QED) is 0.855. The van der Waals surface area contributed by atoms with E-state index in [1.54, 1.807) is 4.90 Å². The molecule has 22 heavy (non-hydrogen) atoms. The maximum atomic E-state index is 12.9. The lowest BCUT2D eigenvalue weighted by Crippen LogP contribution is -2.56. The molecule has 116 valence electrons. The summed E-state index contributed by atoms with van der Waals surface area (Å²) >= 11 is 0. The molecule has 1 aromatic heterocycles. The number of aromatic nitrogens is 2. The smallest absolute Gasteiger partial charge is 0.249 e. The maximum Gasteiger partial charge on any atom is 0.249 e. The van der Waals surface area contributed by atoms with Crippen molar-refractivity contribution in [2.75, 3.05) is 13.1 Å². The van der Waals surface area contributed by atoms with Crippen LogP contribution in [0.5, 0.6) is 0 Å². The molecule has 1 saturated carbocycles. The van der Waals surface area contributed by atoms with E-state index in [9.17, 15) is 13.6 Å². The van der Waals surface area contributed by atoms with Crippen LogP contribution in [0.2, 0.25) is 0 Å². The number of amides is 1. The van der Waals surface area contributed by atoms with Crippen molar-refractivity contribution < 1.29 is 13.6 Å². The van der Waals surface area contributed by atoms with Crippen LogP contribution in [0.25, 0.3) is 11.0 Å². The summed E-state index contributed by atoms with van der Waals surface area (Å²) in [5.74, 6) is -2.32. The average molecular weight is 305 g/mol. The molecule has 4 rings (SSSR count). The first-order valence-corrected chi connectivity index (χ1v) is 7.55. The molecule has 0 bridgehead atoms. The lowest BCUT2D eigenvalue weighted by molar-refractivity contribution is -0.164. The molecule has 1 aliphatic heterocycles. The summed E-state index contributed by atoms with van der Waals surface area (Å²) in [6, 6.07) is 8.10. The summed E-state index contributed by atoms with van der Waals surface area (Å²) in [5, 5.41) is 0. The molecule has 2 aromatic rings. The second-order valence-corrected chi connectivity index (χ2v) is 6.38. The van der Waals surface area contributed by atoms with Crippen molar-refractivity contribution in [2.45, 2.75) is 31.7 Å². The molecule has 1 saturated heterocycles. The Morgan fingerprint density at radius 2 is 1.95 bits per heavy atom. The van der Waals surface area contributed by atoms with Crippen LogP contribution in [0.1, 0.15) is 24.7 Å². The lowest BCUT2D eigenvalue weighted by Gasteiger charge is -2.45. The van der Waals surface area contributed by atoms with Crippen molar-refractivity contribution in [3.8, 4) is 0 Å². The van der Waals surface area contributed by atoms with Gasteiger partial charge in [-0.15, -0.1) is 0 Å². The summed E-state index contributed by atoms with van der Waals surface area (Å²) in [6.07, 6.45) is -0.583. The number of carbonyl (C=O) groups excluding carboxylic acids is 1. The minimum Gasteiger partial charge on any atom is -0.338 e. The first kappa shape index (κ1) is 13.7. The number of para-hydroxylation sites is 2. The van der Waals surface area contributed by atoms with Gasteiger partial charge in [-0.1, -0.05) is 12.1 Å². The van der Waals surface area contributed by atoms with E-state index in [2.05, 4.69) is 9.55 Å². The normalized spacial score (nSPS) is 21.7.